The van der Waals surface area contributed by atoms with E-state index in [0.29, 0.717) is 19.6 Å². The number of imide groups is 1. The maximum absolute atomic E-state index is 11.7. The van der Waals surface area contributed by atoms with E-state index in [1.807, 2.05) is 24.3 Å². The molecule has 5 heteroatoms. The van der Waals surface area contributed by atoms with Crippen LogP contribution in [0.1, 0.15) is 31.2 Å². The van der Waals surface area contributed by atoms with Gasteiger partial charge in [0.2, 0.25) is 5.91 Å². The van der Waals surface area contributed by atoms with Crippen LogP contribution < -0.4 is 5.73 Å². The summed E-state index contributed by atoms with van der Waals surface area (Å²) in [5.74, 6) is -0.125. The van der Waals surface area contributed by atoms with Crippen molar-refractivity contribution >= 4 is 17.7 Å². The van der Waals surface area contributed by atoms with Gasteiger partial charge in [-0.2, -0.15) is 0 Å². The van der Waals surface area contributed by atoms with E-state index in [9.17, 15) is 9.59 Å². The second-order valence-electron chi connectivity index (χ2n) is 4.96. The van der Waals surface area contributed by atoms with Crippen LogP contribution in [0.3, 0.4) is 0 Å². The van der Waals surface area contributed by atoms with Crippen LogP contribution in [0, 0.1) is 0 Å². The van der Waals surface area contributed by atoms with Gasteiger partial charge in [0.1, 0.15) is 6.61 Å². The van der Waals surface area contributed by atoms with Crippen LogP contribution in [0.15, 0.2) is 24.3 Å². The first-order valence-electron chi connectivity index (χ1n) is 6.98. The molecule has 0 spiro atoms. The molecule has 20 heavy (non-hydrogen) atoms. The summed E-state index contributed by atoms with van der Waals surface area (Å²) in [4.78, 5) is 24.1. The van der Waals surface area contributed by atoms with Crippen LogP contribution >= 0.6 is 0 Å². The lowest BCUT2D eigenvalue weighted by atomic mass is 10.1. The van der Waals surface area contributed by atoms with Crippen molar-refractivity contribution in [1.82, 2.24) is 4.90 Å². The SMILES string of the molecule is Nc1ccc(CCCCCC(=O)N2CCOC2=O)cc1. The Morgan fingerprint density at radius 3 is 2.60 bits per heavy atom. The number of hydrogen-bond acceptors (Lipinski definition) is 4. The molecule has 2 amide bonds. The summed E-state index contributed by atoms with van der Waals surface area (Å²) in [5.41, 5.74) is 7.66. The molecular weight excluding hydrogens is 256 g/mol. The zero-order chi connectivity index (χ0) is 14.4. The van der Waals surface area contributed by atoms with Crippen molar-refractivity contribution in [2.45, 2.75) is 32.1 Å². The third-order valence-electron chi connectivity index (χ3n) is 3.40. The molecule has 1 heterocycles. The molecule has 2 rings (SSSR count). The van der Waals surface area contributed by atoms with E-state index < -0.39 is 6.09 Å². The summed E-state index contributed by atoms with van der Waals surface area (Å²) >= 11 is 0. The van der Waals surface area contributed by atoms with Crippen molar-refractivity contribution in [3.05, 3.63) is 29.8 Å². The Morgan fingerprint density at radius 1 is 1.20 bits per heavy atom. The van der Waals surface area contributed by atoms with Gasteiger partial charge in [-0.3, -0.25) is 4.79 Å². The fraction of sp³-hybridized carbons (Fsp3) is 0.467. The van der Waals surface area contributed by atoms with Crippen LogP contribution in [-0.2, 0) is 16.0 Å². The molecule has 1 aromatic rings. The summed E-state index contributed by atoms with van der Waals surface area (Å²) in [7, 11) is 0. The summed E-state index contributed by atoms with van der Waals surface area (Å²) in [6, 6.07) is 7.86. The number of nitrogen functional groups attached to an aromatic ring is 1. The average Bonchev–Trinajstić information content (AvgIpc) is 2.86. The minimum absolute atomic E-state index is 0.125. The minimum Gasteiger partial charge on any atom is -0.447 e. The van der Waals surface area contributed by atoms with Crippen molar-refractivity contribution < 1.29 is 14.3 Å². The number of cyclic esters (lactones) is 1. The number of hydrogen-bond donors (Lipinski definition) is 1. The van der Waals surface area contributed by atoms with Crippen molar-refractivity contribution in [3.8, 4) is 0 Å². The van der Waals surface area contributed by atoms with Gasteiger partial charge >= 0.3 is 6.09 Å². The third kappa shape index (κ3) is 3.98. The van der Waals surface area contributed by atoms with Gasteiger partial charge in [-0.25, -0.2) is 9.69 Å². The van der Waals surface area contributed by atoms with E-state index in [1.54, 1.807) is 0 Å². The normalized spacial score (nSPS) is 14.4. The number of ether oxygens (including phenoxy) is 1. The topological polar surface area (TPSA) is 72.6 Å². The highest BCUT2D eigenvalue weighted by molar-refractivity contribution is 5.92. The summed E-state index contributed by atoms with van der Waals surface area (Å²) in [6.45, 7) is 0.713. The van der Waals surface area contributed by atoms with Gasteiger partial charge in [-0.05, 0) is 37.0 Å². The first-order valence-corrected chi connectivity index (χ1v) is 6.98. The quantitative estimate of drug-likeness (QED) is 0.639. The van der Waals surface area contributed by atoms with Crippen LogP contribution in [0.25, 0.3) is 0 Å². The highest BCUT2D eigenvalue weighted by atomic mass is 16.6. The smallest absolute Gasteiger partial charge is 0.416 e. The van der Waals surface area contributed by atoms with Crippen molar-refractivity contribution in [2.24, 2.45) is 0 Å². The lowest BCUT2D eigenvalue weighted by Gasteiger charge is -2.10. The van der Waals surface area contributed by atoms with Gasteiger partial charge in [0.25, 0.3) is 0 Å². The van der Waals surface area contributed by atoms with E-state index in [-0.39, 0.29) is 5.91 Å². The monoisotopic (exact) mass is 276 g/mol. The highest BCUT2D eigenvalue weighted by Gasteiger charge is 2.27. The first-order chi connectivity index (χ1) is 9.66. The molecule has 0 aromatic heterocycles. The Bertz CT molecular complexity index is 471. The Morgan fingerprint density at radius 2 is 1.95 bits per heavy atom. The zero-order valence-electron chi connectivity index (χ0n) is 11.5. The number of aryl methyl sites for hydroxylation is 1. The van der Waals surface area contributed by atoms with Gasteiger partial charge in [0, 0.05) is 12.1 Å². The summed E-state index contributed by atoms with van der Waals surface area (Å²) in [5, 5.41) is 0. The molecule has 0 saturated carbocycles. The molecule has 5 nitrogen and oxygen atoms in total. The Kier molecular flexibility index (Phi) is 4.98. The predicted octanol–water partition coefficient (Wildman–Crippen LogP) is 2.35. The standard InChI is InChI=1S/C15H20N2O3/c16-13-8-6-12(7-9-13)4-2-1-3-5-14(18)17-10-11-20-15(17)19/h6-9H,1-5,10-11,16H2. The number of anilines is 1. The van der Waals surface area contributed by atoms with E-state index in [0.717, 1.165) is 31.4 Å². The number of carbonyl (C=O) groups is 2. The number of unbranched alkanes of at least 4 members (excludes halogenated alkanes) is 2. The molecule has 0 atom stereocenters. The summed E-state index contributed by atoms with van der Waals surface area (Å²) < 4.78 is 4.74. The molecule has 108 valence electrons. The molecule has 0 bridgehead atoms. The van der Waals surface area contributed by atoms with Crippen LogP contribution in [0.2, 0.25) is 0 Å². The average molecular weight is 276 g/mol. The van der Waals surface area contributed by atoms with Crippen LogP contribution in [0.5, 0.6) is 0 Å². The Labute approximate surface area is 118 Å². The maximum Gasteiger partial charge on any atom is 0.416 e. The number of amides is 2. The third-order valence-corrected chi connectivity index (χ3v) is 3.40. The molecular formula is C15H20N2O3. The van der Waals surface area contributed by atoms with Gasteiger partial charge in [-0.1, -0.05) is 18.6 Å². The lowest BCUT2D eigenvalue weighted by Crippen LogP contribution is -2.31. The van der Waals surface area contributed by atoms with Crippen molar-refractivity contribution in [1.29, 1.82) is 0 Å². The maximum atomic E-state index is 11.7. The number of rotatable bonds is 6. The molecule has 1 aliphatic rings. The minimum atomic E-state index is -0.503. The second-order valence-corrected chi connectivity index (χ2v) is 4.96. The van der Waals surface area contributed by atoms with Gasteiger partial charge in [-0.15, -0.1) is 0 Å². The number of carbonyl (C=O) groups excluding carboxylic acids is 2. The lowest BCUT2D eigenvalue weighted by molar-refractivity contribution is -0.127. The van der Waals surface area contributed by atoms with Crippen molar-refractivity contribution in [3.63, 3.8) is 0 Å². The molecule has 2 N–H and O–H groups in total. The fourth-order valence-corrected chi connectivity index (χ4v) is 2.22. The zero-order valence-corrected chi connectivity index (χ0v) is 11.5. The number of nitrogens with zero attached hydrogens (tertiary/aromatic N) is 1. The second kappa shape index (κ2) is 6.93. The van der Waals surface area contributed by atoms with Crippen LogP contribution in [0.4, 0.5) is 10.5 Å². The van der Waals surface area contributed by atoms with E-state index in [1.165, 1.54) is 10.5 Å². The number of benzene rings is 1. The van der Waals surface area contributed by atoms with E-state index in [4.69, 9.17) is 10.5 Å². The van der Waals surface area contributed by atoms with Crippen LogP contribution in [-0.4, -0.2) is 30.1 Å². The molecule has 1 aliphatic heterocycles. The molecule has 1 saturated heterocycles. The number of nitrogens with two attached hydrogens (primary N) is 1. The van der Waals surface area contributed by atoms with Gasteiger partial charge < -0.3 is 10.5 Å². The highest BCUT2D eigenvalue weighted by Crippen LogP contribution is 2.12. The predicted molar refractivity (Wildman–Crippen MR) is 76.1 cm³/mol. The van der Waals surface area contributed by atoms with Crippen molar-refractivity contribution in [2.75, 3.05) is 18.9 Å². The summed E-state index contributed by atoms with van der Waals surface area (Å²) in [6.07, 6.45) is 3.70. The fourth-order valence-electron chi connectivity index (χ4n) is 2.22. The molecule has 0 aliphatic carbocycles. The molecule has 1 aromatic carbocycles. The van der Waals surface area contributed by atoms with Gasteiger partial charge in [0.15, 0.2) is 0 Å². The molecule has 0 unspecified atom stereocenters. The Hall–Kier alpha value is -2.04. The largest absolute Gasteiger partial charge is 0.447 e. The Balaban J connectivity index is 1.60. The van der Waals surface area contributed by atoms with E-state index in [2.05, 4.69) is 0 Å². The first kappa shape index (κ1) is 14.4. The molecule has 1 fully saturated rings. The van der Waals surface area contributed by atoms with Gasteiger partial charge in [0.05, 0.1) is 6.54 Å². The molecule has 0 radical (unpaired) electrons. The van der Waals surface area contributed by atoms with E-state index >= 15 is 0 Å².